The fourth-order valence-electron chi connectivity index (χ4n) is 3.24. The van der Waals surface area contributed by atoms with E-state index in [4.69, 9.17) is 0 Å². The van der Waals surface area contributed by atoms with Crippen LogP contribution in [0.2, 0.25) is 0 Å². The molecule has 1 N–H and O–H groups in total. The molecule has 0 amide bonds. The molecule has 104 valence electrons. The average molecular weight is 277 g/mol. The predicted molar refractivity (Wildman–Crippen MR) is 81.0 cm³/mol. The molecule has 3 rings (SSSR count). The van der Waals surface area contributed by atoms with Crippen molar-refractivity contribution < 1.29 is 4.21 Å². The van der Waals surface area contributed by atoms with E-state index < -0.39 is 10.8 Å². The molecule has 1 aliphatic carbocycles. The molecule has 0 radical (unpaired) electrons. The lowest BCUT2D eigenvalue weighted by molar-refractivity contribution is 0.258. The van der Waals surface area contributed by atoms with Gasteiger partial charge in [0.2, 0.25) is 0 Å². The second-order valence-corrected chi connectivity index (χ2v) is 7.76. The monoisotopic (exact) mass is 277 g/mol. The minimum Gasteiger partial charge on any atom is -0.311 e. The Labute approximate surface area is 118 Å². The standard InChI is InChI=1S/C16H23NOS/c1-12-3-2-4-13(9-12)14-10-16(11-14)17-15-5-7-19(18)8-6-15/h2-4,9,14-17H,5-8,10-11H2,1H3. The Balaban J connectivity index is 1.46. The van der Waals surface area contributed by atoms with Gasteiger partial charge in [0.15, 0.2) is 0 Å². The lowest BCUT2D eigenvalue weighted by Gasteiger charge is -2.39. The SMILES string of the molecule is Cc1cccc(C2CC(NC3CCS(=O)CC3)C2)c1. The molecular formula is C16H23NOS. The molecule has 1 aromatic carbocycles. The molecule has 0 spiro atoms. The van der Waals surface area contributed by atoms with E-state index in [9.17, 15) is 4.21 Å². The van der Waals surface area contributed by atoms with Crippen molar-refractivity contribution in [3.63, 3.8) is 0 Å². The minimum atomic E-state index is -0.539. The molecule has 3 heteroatoms. The maximum absolute atomic E-state index is 11.3. The smallest absolute Gasteiger partial charge is 0.0249 e. The lowest BCUT2D eigenvalue weighted by Crippen LogP contribution is -2.47. The highest BCUT2D eigenvalue weighted by molar-refractivity contribution is 7.85. The van der Waals surface area contributed by atoms with Gasteiger partial charge in [-0.3, -0.25) is 4.21 Å². The van der Waals surface area contributed by atoms with Gasteiger partial charge in [-0.15, -0.1) is 0 Å². The Morgan fingerprint density at radius 1 is 1.16 bits per heavy atom. The second-order valence-electron chi connectivity index (χ2n) is 6.07. The van der Waals surface area contributed by atoms with Gasteiger partial charge in [-0.2, -0.15) is 0 Å². The van der Waals surface area contributed by atoms with Crippen molar-refractivity contribution in [2.75, 3.05) is 11.5 Å². The van der Waals surface area contributed by atoms with Crippen LogP contribution >= 0.6 is 0 Å². The van der Waals surface area contributed by atoms with Gasteiger partial charge in [0.05, 0.1) is 0 Å². The zero-order valence-corrected chi connectivity index (χ0v) is 12.4. The van der Waals surface area contributed by atoms with Crippen molar-refractivity contribution in [2.45, 2.75) is 50.6 Å². The van der Waals surface area contributed by atoms with Crippen LogP contribution in [0.1, 0.15) is 42.7 Å². The van der Waals surface area contributed by atoms with Crippen LogP contribution in [-0.2, 0) is 10.8 Å². The van der Waals surface area contributed by atoms with Crippen molar-refractivity contribution in [2.24, 2.45) is 0 Å². The molecule has 1 saturated carbocycles. The van der Waals surface area contributed by atoms with Crippen molar-refractivity contribution in [3.05, 3.63) is 35.4 Å². The first-order valence-electron chi connectivity index (χ1n) is 7.38. The van der Waals surface area contributed by atoms with Gasteiger partial charge in [0, 0.05) is 34.4 Å². The molecule has 19 heavy (non-hydrogen) atoms. The number of hydrogen-bond acceptors (Lipinski definition) is 2. The molecule has 0 aromatic heterocycles. The first-order valence-corrected chi connectivity index (χ1v) is 8.87. The number of hydrogen-bond donors (Lipinski definition) is 1. The highest BCUT2D eigenvalue weighted by Crippen LogP contribution is 2.37. The summed E-state index contributed by atoms with van der Waals surface area (Å²) in [5, 5.41) is 3.76. The summed E-state index contributed by atoms with van der Waals surface area (Å²) < 4.78 is 11.3. The molecule has 1 saturated heterocycles. The maximum atomic E-state index is 11.3. The van der Waals surface area contributed by atoms with Crippen molar-refractivity contribution in [1.82, 2.24) is 5.32 Å². The molecule has 2 aliphatic rings. The first kappa shape index (κ1) is 13.3. The zero-order valence-electron chi connectivity index (χ0n) is 11.6. The molecule has 1 aliphatic heterocycles. The Hall–Kier alpha value is -0.670. The second kappa shape index (κ2) is 5.76. The minimum absolute atomic E-state index is 0.539. The summed E-state index contributed by atoms with van der Waals surface area (Å²) in [5.41, 5.74) is 2.87. The molecule has 1 heterocycles. The van der Waals surface area contributed by atoms with E-state index in [0.717, 1.165) is 30.3 Å². The van der Waals surface area contributed by atoms with Crippen molar-refractivity contribution >= 4 is 10.8 Å². The van der Waals surface area contributed by atoms with E-state index in [2.05, 4.69) is 36.5 Å². The van der Waals surface area contributed by atoms with Gasteiger partial charge in [-0.05, 0) is 44.1 Å². The molecule has 0 unspecified atom stereocenters. The van der Waals surface area contributed by atoms with Gasteiger partial charge in [-0.25, -0.2) is 0 Å². The van der Waals surface area contributed by atoms with Crippen LogP contribution in [0.3, 0.4) is 0 Å². The van der Waals surface area contributed by atoms with E-state index in [1.165, 1.54) is 24.0 Å². The fourth-order valence-corrected chi connectivity index (χ4v) is 4.54. The summed E-state index contributed by atoms with van der Waals surface area (Å²) in [4.78, 5) is 0. The molecule has 0 atom stereocenters. The van der Waals surface area contributed by atoms with Gasteiger partial charge < -0.3 is 5.32 Å². The highest BCUT2D eigenvalue weighted by atomic mass is 32.2. The van der Waals surface area contributed by atoms with Gasteiger partial charge in [0.1, 0.15) is 0 Å². The number of nitrogens with one attached hydrogen (secondary N) is 1. The topological polar surface area (TPSA) is 29.1 Å². The Morgan fingerprint density at radius 2 is 1.89 bits per heavy atom. The normalized spacial score (nSPS) is 34.8. The van der Waals surface area contributed by atoms with E-state index >= 15 is 0 Å². The highest BCUT2D eigenvalue weighted by Gasteiger charge is 2.32. The van der Waals surface area contributed by atoms with Crippen LogP contribution in [0.5, 0.6) is 0 Å². The quantitative estimate of drug-likeness (QED) is 0.920. The Bertz CT molecular complexity index is 458. The fraction of sp³-hybridized carbons (Fsp3) is 0.625. The van der Waals surface area contributed by atoms with Crippen LogP contribution in [0.25, 0.3) is 0 Å². The third kappa shape index (κ3) is 3.26. The van der Waals surface area contributed by atoms with Gasteiger partial charge >= 0.3 is 0 Å². The molecular weight excluding hydrogens is 254 g/mol. The van der Waals surface area contributed by atoms with Gasteiger partial charge in [-0.1, -0.05) is 29.8 Å². The van der Waals surface area contributed by atoms with E-state index in [0.29, 0.717) is 12.1 Å². The van der Waals surface area contributed by atoms with Crippen LogP contribution in [-0.4, -0.2) is 27.8 Å². The molecule has 2 nitrogen and oxygen atoms in total. The summed E-state index contributed by atoms with van der Waals surface area (Å²) in [5.74, 6) is 2.53. The molecule has 2 fully saturated rings. The largest absolute Gasteiger partial charge is 0.311 e. The van der Waals surface area contributed by atoms with E-state index in [-0.39, 0.29) is 0 Å². The van der Waals surface area contributed by atoms with Crippen LogP contribution < -0.4 is 5.32 Å². The van der Waals surface area contributed by atoms with E-state index in [1.54, 1.807) is 0 Å². The molecule has 1 aromatic rings. The third-order valence-corrected chi connectivity index (χ3v) is 5.89. The summed E-state index contributed by atoms with van der Waals surface area (Å²) in [6.07, 6.45) is 4.72. The van der Waals surface area contributed by atoms with Crippen molar-refractivity contribution in [1.29, 1.82) is 0 Å². The maximum Gasteiger partial charge on any atom is 0.0249 e. The lowest BCUT2D eigenvalue weighted by atomic mass is 9.75. The first-order chi connectivity index (χ1) is 9.20. The average Bonchev–Trinajstić information content (AvgIpc) is 2.35. The third-order valence-electron chi connectivity index (χ3n) is 4.51. The van der Waals surface area contributed by atoms with E-state index in [1.807, 2.05) is 0 Å². The summed E-state index contributed by atoms with van der Waals surface area (Å²) in [7, 11) is -0.539. The van der Waals surface area contributed by atoms with Crippen LogP contribution in [0.4, 0.5) is 0 Å². The molecule has 0 bridgehead atoms. The summed E-state index contributed by atoms with van der Waals surface area (Å²) in [6.45, 7) is 2.17. The van der Waals surface area contributed by atoms with Crippen LogP contribution in [0.15, 0.2) is 24.3 Å². The Kier molecular flexibility index (Phi) is 4.04. The summed E-state index contributed by atoms with van der Waals surface area (Å²) >= 11 is 0. The predicted octanol–water partition coefficient (Wildman–Crippen LogP) is 2.74. The Morgan fingerprint density at radius 3 is 2.58 bits per heavy atom. The number of rotatable bonds is 3. The number of aryl methyl sites for hydroxylation is 1. The number of benzene rings is 1. The van der Waals surface area contributed by atoms with Crippen LogP contribution in [0, 0.1) is 6.92 Å². The van der Waals surface area contributed by atoms with Gasteiger partial charge in [0.25, 0.3) is 0 Å². The zero-order chi connectivity index (χ0) is 13.2. The van der Waals surface area contributed by atoms with Crippen molar-refractivity contribution in [3.8, 4) is 0 Å². The summed E-state index contributed by atoms with van der Waals surface area (Å²) in [6, 6.07) is 10.2.